The molecule has 10 heteroatoms. The van der Waals surface area contributed by atoms with Gasteiger partial charge in [0.25, 0.3) is 5.91 Å². The lowest BCUT2D eigenvalue weighted by Gasteiger charge is -2.06. The van der Waals surface area contributed by atoms with Crippen molar-refractivity contribution in [2.24, 2.45) is 5.73 Å². The SMILES string of the molecule is CC(C)n1nc(-c2ccc(CC(=O)Cc3cc(-c4ccc(Cl)cc4Cl)on3)cc2)c(C(N)=O)c1N. The fraction of sp³-hybridized carbons (Fsp3) is 0.200. The molecule has 2 aromatic carbocycles. The minimum atomic E-state index is -0.643. The lowest BCUT2D eigenvalue weighted by Crippen LogP contribution is -2.15. The number of hydrogen-bond donors (Lipinski definition) is 2. The molecule has 0 saturated carbocycles. The van der Waals surface area contributed by atoms with Crippen LogP contribution in [0.1, 0.15) is 41.5 Å². The van der Waals surface area contributed by atoms with Gasteiger partial charge in [0.2, 0.25) is 0 Å². The van der Waals surface area contributed by atoms with Gasteiger partial charge in [-0.1, -0.05) is 52.6 Å². The van der Waals surface area contributed by atoms with Crippen LogP contribution >= 0.6 is 23.2 Å². The molecule has 0 bridgehead atoms. The molecule has 0 radical (unpaired) electrons. The van der Waals surface area contributed by atoms with Crippen molar-refractivity contribution in [1.82, 2.24) is 14.9 Å². The van der Waals surface area contributed by atoms with E-state index in [1.807, 2.05) is 26.0 Å². The summed E-state index contributed by atoms with van der Waals surface area (Å²) < 4.78 is 6.93. The Hall–Kier alpha value is -3.62. The quantitative estimate of drug-likeness (QED) is 0.337. The maximum Gasteiger partial charge on any atom is 0.254 e. The van der Waals surface area contributed by atoms with Gasteiger partial charge in [-0.2, -0.15) is 5.10 Å². The highest BCUT2D eigenvalue weighted by atomic mass is 35.5. The molecule has 0 aliphatic heterocycles. The standard InChI is InChI=1S/C25H23Cl2N5O3/c1-13(2)32-24(28)22(25(29)34)23(30-32)15-5-3-14(4-6-15)9-18(33)11-17-12-21(35-31-17)19-8-7-16(26)10-20(19)27/h3-8,10,12-13H,9,11,28H2,1-2H3,(H2,29,34). The molecule has 0 saturated heterocycles. The Labute approximate surface area is 211 Å². The van der Waals surface area contributed by atoms with Gasteiger partial charge in [-0.05, 0) is 37.6 Å². The molecular weight excluding hydrogens is 489 g/mol. The minimum Gasteiger partial charge on any atom is -0.383 e. The molecule has 1 amide bonds. The van der Waals surface area contributed by atoms with Gasteiger partial charge < -0.3 is 16.0 Å². The van der Waals surface area contributed by atoms with Crippen molar-refractivity contribution < 1.29 is 14.1 Å². The van der Waals surface area contributed by atoms with Gasteiger partial charge in [0.1, 0.15) is 22.9 Å². The average Bonchev–Trinajstić information content (AvgIpc) is 3.38. The number of benzene rings is 2. The number of hydrogen-bond acceptors (Lipinski definition) is 6. The molecule has 0 aliphatic carbocycles. The summed E-state index contributed by atoms with van der Waals surface area (Å²) in [6.07, 6.45) is 0.313. The third-order valence-electron chi connectivity index (χ3n) is 5.45. The molecule has 4 aromatic rings. The summed E-state index contributed by atoms with van der Waals surface area (Å²) in [4.78, 5) is 24.6. The zero-order valence-electron chi connectivity index (χ0n) is 19.1. The number of primary amides is 1. The number of carbonyl (C=O) groups excluding carboxylic acids is 2. The fourth-order valence-corrected chi connectivity index (χ4v) is 4.27. The minimum absolute atomic E-state index is 0.0356. The highest BCUT2D eigenvalue weighted by Crippen LogP contribution is 2.31. The van der Waals surface area contributed by atoms with Gasteiger partial charge in [0.05, 0.1) is 17.1 Å². The van der Waals surface area contributed by atoms with Crippen LogP contribution in [0.25, 0.3) is 22.6 Å². The second-order valence-corrected chi connectivity index (χ2v) is 9.25. The maximum atomic E-state index is 12.6. The predicted octanol–water partition coefficient (Wildman–Crippen LogP) is 5.13. The van der Waals surface area contributed by atoms with Crippen LogP contribution in [0.5, 0.6) is 0 Å². The van der Waals surface area contributed by atoms with Crippen LogP contribution in [0.4, 0.5) is 5.82 Å². The van der Waals surface area contributed by atoms with Crippen LogP contribution in [0, 0.1) is 0 Å². The molecule has 2 aromatic heterocycles. The molecule has 0 aliphatic rings. The van der Waals surface area contributed by atoms with E-state index in [4.69, 9.17) is 39.2 Å². The van der Waals surface area contributed by atoms with Gasteiger partial charge in [0, 0.05) is 34.7 Å². The number of aromatic nitrogens is 3. The van der Waals surface area contributed by atoms with E-state index in [0.717, 1.165) is 5.56 Å². The number of nitrogens with zero attached hydrogens (tertiary/aromatic N) is 3. The van der Waals surface area contributed by atoms with Gasteiger partial charge in [-0.25, -0.2) is 4.68 Å². The van der Waals surface area contributed by atoms with E-state index in [1.165, 1.54) is 0 Å². The number of rotatable bonds is 8. The average molecular weight is 512 g/mol. The summed E-state index contributed by atoms with van der Waals surface area (Å²) in [5.74, 6) is 0.0132. The van der Waals surface area contributed by atoms with Crippen molar-refractivity contribution in [2.45, 2.75) is 32.7 Å². The number of nitrogen functional groups attached to an aromatic ring is 1. The number of carbonyl (C=O) groups is 2. The van der Waals surface area contributed by atoms with Crippen LogP contribution in [0.15, 0.2) is 53.1 Å². The van der Waals surface area contributed by atoms with Crippen molar-refractivity contribution in [3.63, 3.8) is 0 Å². The topological polar surface area (TPSA) is 130 Å². The van der Waals surface area contributed by atoms with Crippen molar-refractivity contribution in [2.75, 3.05) is 5.73 Å². The summed E-state index contributed by atoms with van der Waals surface area (Å²) in [6.45, 7) is 3.82. The second kappa shape index (κ2) is 9.93. The normalized spacial score (nSPS) is 11.2. The number of amides is 1. The van der Waals surface area contributed by atoms with Crippen LogP contribution in [0.2, 0.25) is 10.0 Å². The molecular formula is C25H23Cl2N5O3. The summed E-state index contributed by atoms with van der Waals surface area (Å²) >= 11 is 12.2. The van der Waals surface area contributed by atoms with E-state index in [0.29, 0.717) is 38.3 Å². The number of Topliss-reactive ketones (excluding diaryl/α,β-unsaturated/α-hetero) is 1. The van der Waals surface area contributed by atoms with Crippen LogP contribution in [-0.4, -0.2) is 26.6 Å². The molecule has 8 nitrogen and oxygen atoms in total. The van der Waals surface area contributed by atoms with E-state index in [-0.39, 0.29) is 36.0 Å². The third-order valence-corrected chi connectivity index (χ3v) is 5.99. The second-order valence-electron chi connectivity index (χ2n) is 8.41. The van der Waals surface area contributed by atoms with E-state index in [9.17, 15) is 9.59 Å². The number of anilines is 1. The van der Waals surface area contributed by atoms with E-state index < -0.39 is 5.91 Å². The first-order chi connectivity index (χ1) is 16.6. The van der Waals surface area contributed by atoms with Gasteiger partial charge in [-0.15, -0.1) is 0 Å². The van der Waals surface area contributed by atoms with Crippen LogP contribution in [0.3, 0.4) is 0 Å². The summed E-state index contributed by atoms with van der Waals surface area (Å²) in [6, 6.07) is 13.9. The monoisotopic (exact) mass is 511 g/mol. The van der Waals surface area contributed by atoms with Crippen molar-refractivity contribution in [3.05, 3.63) is 75.4 Å². The van der Waals surface area contributed by atoms with E-state index in [1.54, 1.807) is 41.1 Å². The number of nitrogens with two attached hydrogens (primary N) is 2. The molecule has 0 spiro atoms. The Morgan fingerprint density at radius 2 is 1.77 bits per heavy atom. The Balaban J connectivity index is 1.46. The molecule has 4 N–H and O–H groups in total. The molecule has 0 fully saturated rings. The third kappa shape index (κ3) is 5.23. The zero-order valence-corrected chi connectivity index (χ0v) is 20.6. The van der Waals surface area contributed by atoms with Gasteiger partial charge in [0.15, 0.2) is 5.76 Å². The summed E-state index contributed by atoms with van der Waals surface area (Å²) in [7, 11) is 0. The molecule has 0 atom stereocenters. The Kier molecular flexibility index (Phi) is 6.95. The van der Waals surface area contributed by atoms with Crippen LogP contribution < -0.4 is 11.5 Å². The Morgan fingerprint density at radius 3 is 2.40 bits per heavy atom. The zero-order chi connectivity index (χ0) is 25.3. The highest BCUT2D eigenvalue weighted by Gasteiger charge is 2.22. The molecule has 180 valence electrons. The van der Waals surface area contributed by atoms with Crippen LogP contribution in [-0.2, 0) is 17.6 Å². The molecule has 4 rings (SSSR count). The Bertz CT molecular complexity index is 1410. The highest BCUT2D eigenvalue weighted by molar-refractivity contribution is 6.36. The molecule has 2 heterocycles. The van der Waals surface area contributed by atoms with Crippen molar-refractivity contribution in [1.29, 1.82) is 0 Å². The van der Waals surface area contributed by atoms with E-state index >= 15 is 0 Å². The fourth-order valence-electron chi connectivity index (χ4n) is 3.77. The lowest BCUT2D eigenvalue weighted by molar-refractivity contribution is -0.117. The van der Waals surface area contributed by atoms with Gasteiger partial charge >= 0.3 is 0 Å². The van der Waals surface area contributed by atoms with Crippen molar-refractivity contribution >= 4 is 40.7 Å². The first-order valence-electron chi connectivity index (χ1n) is 10.8. The first kappa shape index (κ1) is 24.5. The van der Waals surface area contributed by atoms with Gasteiger partial charge in [-0.3, -0.25) is 9.59 Å². The molecule has 0 unspecified atom stereocenters. The summed E-state index contributed by atoms with van der Waals surface area (Å²) in [5, 5.41) is 9.41. The Morgan fingerprint density at radius 1 is 1.06 bits per heavy atom. The lowest BCUT2D eigenvalue weighted by atomic mass is 10.0. The van der Waals surface area contributed by atoms with Crippen molar-refractivity contribution in [3.8, 4) is 22.6 Å². The summed E-state index contributed by atoms with van der Waals surface area (Å²) in [5.41, 5.74) is 14.9. The number of halogens is 2. The predicted molar refractivity (Wildman–Crippen MR) is 135 cm³/mol. The first-order valence-corrected chi connectivity index (χ1v) is 11.6. The van der Waals surface area contributed by atoms with E-state index in [2.05, 4.69) is 10.3 Å². The maximum absolute atomic E-state index is 12.6. The molecule has 35 heavy (non-hydrogen) atoms. The largest absolute Gasteiger partial charge is 0.383 e. The smallest absolute Gasteiger partial charge is 0.254 e. The number of ketones is 1.